The summed E-state index contributed by atoms with van der Waals surface area (Å²) in [5.41, 5.74) is 1.96. The van der Waals surface area contributed by atoms with Crippen LogP contribution in [0.1, 0.15) is 131 Å². The van der Waals surface area contributed by atoms with Crippen molar-refractivity contribution >= 4 is 0 Å². The average Bonchev–Trinajstić information content (AvgIpc) is 3.10. The highest BCUT2D eigenvalue weighted by Crippen LogP contribution is 2.67. The summed E-state index contributed by atoms with van der Waals surface area (Å²) in [7, 11) is 0. The summed E-state index contributed by atoms with van der Waals surface area (Å²) in [5, 5.41) is 20.9. The van der Waals surface area contributed by atoms with Gasteiger partial charge in [0.15, 0.2) is 0 Å². The molecule has 7 unspecified atom stereocenters. The maximum atomic E-state index is 10.7. The van der Waals surface area contributed by atoms with Gasteiger partial charge in [-0.3, -0.25) is 0 Å². The predicted octanol–water partition coefficient (Wildman–Crippen LogP) is 8.06. The lowest BCUT2D eigenvalue weighted by Gasteiger charge is -2.59. The first-order valence-electron chi connectivity index (χ1n) is 14.3. The Kier molecular flexibility index (Phi) is 8.63. The van der Waals surface area contributed by atoms with Crippen molar-refractivity contribution in [2.24, 2.45) is 34.5 Å². The third-order valence-corrected chi connectivity index (χ3v) is 10.6. The lowest BCUT2D eigenvalue weighted by Crippen LogP contribution is -2.51. The summed E-state index contributed by atoms with van der Waals surface area (Å²) < 4.78 is 0. The molecule has 0 aliphatic heterocycles. The molecule has 0 aromatic carbocycles. The van der Waals surface area contributed by atoms with Crippen LogP contribution in [0.15, 0.2) is 11.6 Å². The Morgan fingerprint density at radius 1 is 0.969 bits per heavy atom. The first-order valence-corrected chi connectivity index (χ1v) is 14.3. The van der Waals surface area contributed by atoms with Gasteiger partial charge in [0, 0.05) is 0 Å². The monoisotopic (exact) mass is 446 g/mol. The second kappa shape index (κ2) is 10.5. The Morgan fingerprint density at radius 3 is 2.41 bits per heavy atom. The minimum Gasteiger partial charge on any atom is -0.393 e. The molecule has 0 aromatic heterocycles. The van der Waals surface area contributed by atoms with Crippen molar-refractivity contribution < 1.29 is 10.2 Å². The van der Waals surface area contributed by atoms with E-state index < -0.39 is 5.60 Å². The number of aliphatic hydroxyl groups is 2. The summed E-state index contributed by atoms with van der Waals surface area (Å²) in [5.74, 6) is 3.46. The topological polar surface area (TPSA) is 40.5 Å². The van der Waals surface area contributed by atoms with E-state index in [1.807, 2.05) is 20.8 Å². The van der Waals surface area contributed by atoms with Crippen LogP contribution in [0.5, 0.6) is 0 Å². The van der Waals surface area contributed by atoms with Gasteiger partial charge in [-0.05, 0) is 112 Å². The van der Waals surface area contributed by atoms with Crippen LogP contribution >= 0.6 is 0 Å². The van der Waals surface area contributed by atoms with Crippen molar-refractivity contribution in [3.8, 4) is 0 Å². The summed E-state index contributed by atoms with van der Waals surface area (Å²) >= 11 is 0. The van der Waals surface area contributed by atoms with Crippen LogP contribution in [0.3, 0.4) is 0 Å². The average molecular weight is 447 g/mol. The van der Waals surface area contributed by atoms with Crippen LogP contribution in [-0.2, 0) is 0 Å². The Labute approximate surface area is 199 Å². The third-order valence-electron chi connectivity index (χ3n) is 10.6. The fourth-order valence-electron chi connectivity index (χ4n) is 8.57. The van der Waals surface area contributed by atoms with Crippen LogP contribution in [0.4, 0.5) is 0 Å². The Balaban J connectivity index is 0.00000141. The highest BCUT2D eigenvalue weighted by Gasteiger charge is 2.58. The highest BCUT2D eigenvalue weighted by atomic mass is 16.3. The van der Waals surface area contributed by atoms with Gasteiger partial charge in [0.05, 0.1) is 11.7 Å². The molecule has 0 saturated heterocycles. The molecule has 32 heavy (non-hydrogen) atoms. The fourth-order valence-corrected chi connectivity index (χ4v) is 8.57. The van der Waals surface area contributed by atoms with E-state index in [1.54, 1.807) is 5.57 Å². The van der Waals surface area contributed by atoms with Crippen molar-refractivity contribution in [2.75, 3.05) is 0 Å². The molecule has 3 saturated carbocycles. The molecule has 0 radical (unpaired) electrons. The summed E-state index contributed by atoms with van der Waals surface area (Å²) in [4.78, 5) is 0. The van der Waals surface area contributed by atoms with Crippen molar-refractivity contribution in [3.05, 3.63) is 11.6 Å². The first kappa shape index (κ1) is 26.3. The number of aliphatic hydroxyl groups excluding tert-OH is 1. The first-order chi connectivity index (χ1) is 15.2. The van der Waals surface area contributed by atoms with Crippen molar-refractivity contribution in [2.45, 2.75) is 143 Å². The molecule has 2 N–H and O–H groups in total. The summed E-state index contributed by atoms with van der Waals surface area (Å²) in [6.45, 7) is 13.4. The zero-order valence-electron chi connectivity index (χ0n) is 22.3. The molecule has 0 bridgehead atoms. The molecule has 0 amide bonds. The Morgan fingerprint density at radius 2 is 1.69 bits per heavy atom. The van der Waals surface area contributed by atoms with Crippen molar-refractivity contribution in [1.29, 1.82) is 0 Å². The standard InChI is InChI=1S/C28H48O2.C2H6/c1-5-6-9-22(29)10-7-8-20-12-14-24-23-13-11-21-19-26(2,30)17-18-28(21,4)25(23)15-16-27(20,24)3;1-2/h11,20,22-25,29-30H,5-10,12-19H2,1-4H3;1-2H3/t20?,22?,23?,24?,25?,26-,27?,28?;/m0./s1. The quantitative estimate of drug-likeness (QED) is 0.388. The van der Waals surface area contributed by atoms with E-state index in [0.717, 1.165) is 55.8 Å². The summed E-state index contributed by atoms with van der Waals surface area (Å²) in [6.07, 6.45) is 19.3. The Bertz CT molecular complexity index is 637. The molecule has 186 valence electrons. The van der Waals surface area contributed by atoms with E-state index in [2.05, 4.69) is 26.8 Å². The van der Waals surface area contributed by atoms with Crippen LogP contribution in [0.2, 0.25) is 0 Å². The van der Waals surface area contributed by atoms with Crippen LogP contribution in [0.25, 0.3) is 0 Å². The lowest BCUT2D eigenvalue weighted by molar-refractivity contribution is -0.0662. The molecule has 2 heteroatoms. The smallest absolute Gasteiger partial charge is 0.0657 e. The zero-order valence-corrected chi connectivity index (χ0v) is 22.3. The molecule has 0 aromatic rings. The van der Waals surface area contributed by atoms with E-state index in [4.69, 9.17) is 0 Å². The van der Waals surface area contributed by atoms with Crippen molar-refractivity contribution in [1.82, 2.24) is 0 Å². The van der Waals surface area contributed by atoms with E-state index in [0.29, 0.717) is 10.8 Å². The summed E-state index contributed by atoms with van der Waals surface area (Å²) in [6, 6.07) is 0. The molecular weight excluding hydrogens is 392 g/mol. The molecule has 4 rings (SSSR count). The van der Waals surface area contributed by atoms with Gasteiger partial charge in [-0.1, -0.05) is 65.5 Å². The van der Waals surface area contributed by atoms with E-state index in [-0.39, 0.29) is 6.10 Å². The predicted molar refractivity (Wildman–Crippen MR) is 137 cm³/mol. The second-order valence-electron chi connectivity index (χ2n) is 12.5. The lowest BCUT2D eigenvalue weighted by atomic mass is 9.46. The minimum atomic E-state index is -0.485. The molecule has 3 fully saturated rings. The molecule has 0 spiro atoms. The van der Waals surface area contributed by atoms with E-state index in [9.17, 15) is 10.2 Å². The van der Waals surface area contributed by atoms with E-state index in [1.165, 1.54) is 57.8 Å². The van der Waals surface area contributed by atoms with Gasteiger partial charge in [0.2, 0.25) is 0 Å². The van der Waals surface area contributed by atoms with Gasteiger partial charge in [-0.25, -0.2) is 0 Å². The molecule has 0 heterocycles. The molecule has 8 atom stereocenters. The van der Waals surface area contributed by atoms with Crippen LogP contribution in [-0.4, -0.2) is 21.9 Å². The van der Waals surface area contributed by atoms with Gasteiger partial charge >= 0.3 is 0 Å². The highest BCUT2D eigenvalue weighted by molar-refractivity contribution is 5.26. The number of allylic oxidation sites excluding steroid dienone is 1. The molecule has 4 aliphatic rings. The van der Waals surface area contributed by atoms with Gasteiger partial charge in [0.25, 0.3) is 0 Å². The second-order valence-corrected chi connectivity index (χ2v) is 12.5. The van der Waals surface area contributed by atoms with Gasteiger partial charge < -0.3 is 10.2 Å². The van der Waals surface area contributed by atoms with Crippen LogP contribution in [0, 0.1) is 34.5 Å². The molecular formula is C30H54O2. The number of rotatable bonds is 7. The van der Waals surface area contributed by atoms with Crippen LogP contribution < -0.4 is 0 Å². The maximum Gasteiger partial charge on any atom is 0.0657 e. The minimum absolute atomic E-state index is 0.0731. The van der Waals surface area contributed by atoms with Gasteiger partial charge in [-0.15, -0.1) is 0 Å². The van der Waals surface area contributed by atoms with E-state index >= 15 is 0 Å². The number of hydrogen-bond acceptors (Lipinski definition) is 2. The maximum absolute atomic E-state index is 10.7. The van der Waals surface area contributed by atoms with Gasteiger partial charge in [-0.2, -0.15) is 0 Å². The fraction of sp³-hybridized carbons (Fsp3) is 0.933. The number of unbranched alkanes of at least 4 members (excludes halogenated alkanes) is 1. The van der Waals surface area contributed by atoms with Gasteiger partial charge in [0.1, 0.15) is 0 Å². The Hall–Kier alpha value is -0.340. The zero-order chi connectivity index (χ0) is 23.6. The molecule has 4 aliphatic carbocycles. The van der Waals surface area contributed by atoms with Crippen molar-refractivity contribution in [3.63, 3.8) is 0 Å². The third kappa shape index (κ3) is 5.02. The molecule has 2 nitrogen and oxygen atoms in total. The largest absolute Gasteiger partial charge is 0.393 e. The normalized spacial score (nSPS) is 43.8. The SMILES string of the molecule is CC.CCCCC(O)CCCC1CCC2C3CC=C4C[C@@](C)(O)CCC4(C)C3CCC12C. The number of hydrogen-bond donors (Lipinski definition) is 2. The number of fused-ring (bicyclic) bond motifs is 5.